The number of nitrogens with two attached hydrogens (primary N) is 1. The van der Waals surface area contributed by atoms with E-state index in [1.807, 2.05) is 13.8 Å². The zero-order chi connectivity index (χ0) is 9.14. The van der Waals surface area contributed by atoms with Crippen molar-refractivity contribution in [3.8, 4) is 0 Å². The molecular formula is C10H14FN. The number of rotatable bonds is 2. The third kappa shape index (κ3) is 1.58. The topological polar surface area (TPSA) is 26.0 Å². The molecule has 66 valence electrons. The molecule has 0 unspecified atom stereocenters. The SMILES string of the molecule is CCc1cc(N)c(F)cc1CC. The molecule has 0 saturated carbocycles. The third-order valence-electron chi connectivity index (χ3n) is 2.08. The monoisotopic (exact) mass is 167 g/mol. The standard InChI is InChI=1S/C10H14FN/c1-3-7-5-9(11)10(12)6-8(7)4-2/h5-6H,3-4,12H2,1-2H3. The molecule has 12 heavy (non-hydrogen) atoms. The van der Waals surface area contributed by atoms with Crippen LogP contribution < -0.4 is 5.73 Å². The van der Waals surface area contributed by atoms with Crippen LogP contribution in [0.15, 0.2) is 12.1 Å². The van der Waals surface area contributed by atoms with Crippen molar-refractivity contribution >= 4 is 5.69 Å². The van der Waals surface area contributed by atoms with Gasteiger partial charge in [-0.25, -0.2) is 4.39 Å². The number of benzene rings is 1. The number of nitrogen functional groups attached to an aromatic ring is 1. The molecule has 0 bridgehead atoms. The second-order valence-corrected chi connectivity index (χ2v) is 2.85. The van der Waals surface area contributed by atoms with Gasteiger partial charge in [0.15, 0.2) is 0 Å². The van der Waals surface area contributed by atoms with E-state index in [1.165, 1.54) is 6.07 Å². The summed E-state index contributed by atoms with van der Waals surface area (Å²) in [4.78, 5) is 0. The summed E-state index contributed by atoms with van der Waals surface area (Å²) in [5.74, 6) is -0.302. The Hall–Kier alpha value is -1.05. The largest absolute Gasteiger partial charge is 0.396 e. The van der Waals surface area contributed by atoms with Crippen LogP contribution in [0.2, 0.25) is 0 Å². The van der Waals surface area contributed by atoms with Crippen molar-refractivity contribution in [1.82, 2.24) is 0 Å². The Kier molecular flexibility index (Phi) is 2.69. The number of hydrogen-bond donors (Lipinski definition) is 1. The van der Waals surface area contributed by atoms with Crippen LogP contribution in [-0.4, -0.2) is 0 Å². The highest BCUT2D eigenvalue weighted by molar-refractivity contribution is 5.46. The maximum Gasteiger partial charge on any atom is 0.146 e. The summed E-state index contributed by atoms with van der Waals surface area (Å²) in [6, 6.07) is 3.27. The first-order valence-corrected chi connectivity index (χ1v) is 4.25. The second-order valence-electron chi connectivity index (χ2n) is 2.85. The maximum absolute atomic E-state index is 13.0. The molecule has 1 nitrogen and oxygen atoms in total. The van der Waals surface area contributed by atoms with Gasteiger partial charge in [0.2, 0.25) is 0 Å². The highest BCUT2D eigenvalue weighted by Gasteiger charge is 2.04. The van der Waals surface area contributed by atoms with E-state index < -0.39 is 0 Å². The summed E-state index contributed by atoms with van der Waals surface area (Å²) in [6.07, 6.45) is 1.77. The van der Waals surface area contributed by atoms with Crippen LogP contribution in [0.4, 0.5) is 10.1 Å². The zero-order valence-electron chi connectivity index (χ0n) is 7.52. The van der Waals surface area contributed by atoms with Gasteiger partial charge in [0.1, 0.15) is 5.82 Å². The van der Waals surface area contributed by atoms with Gasteiger partial charge in [-0.1, -0.05) is 13.8 Å². The van der Waals surface area contributed by atoms with Crippen molar-refractivity contribution in [2.45, 2.75) is 26.7 Å². The number of anilines is 1. The van der Waals surface area contributed by atoms with Gasteiger partial charge in [-0.05, 0) is 36.1 Å². The molecule has 0 aromatic heterocycles. The summed E-state index contributed by atoms with van der Waals surface area (Å²) in [7, 11) is 0. The van der Waals surface area contributed by atoms with Crippen molar-refractivity contribution in [2.75, 3.05) is 5.73 Å². The Bertz CT molecular complexity index is 252. The summed E-state index contributed by atoms with van der Waals surface area (Å²) in [6.45, 7) is 4.07. The van der Waals surface area contributed by atoms with Crippen LogP contribution in [0, 0.1) is 5.82 Å². The first-order chi connectivity index (χ1) is 5.69. The molecule has 0 spiro atoms. The minimum absolute atomic E-state index is 0.254. The van der Waals surface area contributed by atoms with E-state index in [2.05, 4.69) is 0 Å². The fourth-order valence-electron chi connectivity index (χ4n) is 1.34. The number of hydrogen-bond acceptors (Lipinski definition) is 1. The first kappa shape index (κ1) is 9.04. The fraction of sp³-hybridized carbons (Fsp3) is 0.400. The van der Waals surface area contributed by atoms with E-state index in [1.54, 1.807) is 6.07 Å². The van der Waals surface area contributed by atoms with Crippen molar-refractivity contribution in [2.24, 2.45) is 0 Å². The Balaban J connectivity index is 3.19. The maximum atomic E-state index is 13.0. The highest BCUT2D eigenvalue weighted by Crippen LogP contribution is 2.18. The van der Waals surface area contributed by atoms with E-state index in [0.717, 1.165) is 24.0 Å². The lowest BCUT2D eigenvalue weighted by Gasteiger charge is -2.07. The lowest BCUT2D eigenvalue weighted by atomic mass is 10.0. The molecule has 0 heterocycles. The molecule has 0 saturated heterocycles. The normalized spacial score (nSPS) is 10.2. The van der Waals surface area contributed by atoms with Crippen molar-refractivity contribution in [1.29, 1.82) is 0 Å². The predicted molar refractivity (Wildman–Crippen MR) is 49.6 cm³/mol. The van der Waals surface area contributed by atoms with E-state index in [4.69, 9.17) is 5.73 Å². The molecule has 1 aromatic rings. The number of aryl methyl sites for hydroxylation is 2. The lowest BCUT2D eigenvalue weighted by Crippen LogP contribution is -1.97. The van der Waals surface area contributed by atoms with Crippen LogP contribution in [0.3, 0.4) is 0 Å². The van der Waals surface area contributed by atoms with Crippen molar-refractivity contribution < 1.29 is 4.39 Å². The average Bonchev–Trinajstić information content (AvgIpc) is 2.09. The van der Waals surface area contributed by atoms with Crippen LogP contribution in [0.5, 0.6) is 0 Å². The second kappa shape index (κ2) is 3.57. The predicted octanol–water partition coefficient (Wildman–Crippen LogP) is 2.53. The molecule has 0 fully saturated rings. The van der Waals surface area contributed by atoms with Crippen LogP contribution >= 0.6 is 0 Å². The Labute approximate surface area is 72.4 Å². The smallest absolute Gasteiger partial charge is 0.146 e. The van der Waals surface area contributed by atoms with Gasteiger partial charge in [-0.15, -0.1) is 0 Å². The van der Waals surface area contributed by atoms with E-state index >= 15 is 0 Å². The molecule has 0 aliphatic heterocycles. The average molecular weight is 167 g/mol. The van der Waals surface area contributed by atoms with Gasteiger partial charge in [0, 0.05) is 0 Å². The van der Waals surface area contributed by atoms with E-state index in [-0.39, 0.29) is 11.5 Å². The summed E-state index contributed by atoms with van der Waals surface area (Å²) < 4.78 is 13.0. The van der Waals surface area contributed by atoms with Gasteiger partial charge >= 0.3 is 0 Å². The highest BCUT2D eigenvalue weighted by atomic mass is 19.1. The molecule has 1 rings (SSSR count). The summed E-state index contributed by atoms with van der Waals surface area (Å²) in [5.41, 5.74) is 7.91. The van der Waals surface area contributed by atoms with Crippen LogP contribution in [0.25, 0.3) is 0 Å². The Morgan fingerprint density at radius 2 is 1.67 bits per heavy atom. The van der Waals surface area contributed by atoms with Gasteiger partial charge in [-0.2, -0.15) is 0 Å². The molecule has 0 amide bonds. The third-order valence-corrected chi connectivity index (χ3v) is 2.08. The summed E-state index contributed by atoms with van der Waals surface area (Å²) >= 11 is 0. The molecular weight excluding hydrogens is 153 g/mol. The van der Waals surface area contributed by atoms with E-state index in [0.29, 0.717) is 0 Å². The molecule has 2 heteroatoms. The van der Waals surface area contributed by atoms with Gasteiger partial charge in [0.05, 0.1) is 5.69 Å². The van der Waals surface area contributed by atoms with Gasteiger partial charge in [-0.3, -0.25) is 0 Å². The van der Waals surface area contributed by atoms with Crippen LogP contribution in [-0.2, 0) is 12.8 Å². The van der Waals surface area contributed by atoms with Crippen molar-refractivity contribution in [3.05, 3.63) is 29.1 Å². The fourth-order valence-corrected chi connectivity index (χ4v) is 1.34. The molecule has 1 aromatic carbocycles. The zero-order valence-corrected chi connectivity index (χ0v) is 7.52. The minimum atomic E-state index is -0.302. The molecule has 0 radical (unpaired) electrons. The lowest BCUT2D eigenvalue weighted by molar-refractivity contribution is 0.629. The number of halogens is 1. The Morgan fingerprint density at radius 1 is 1.17 bits per heavy atom. The molecule has 0 atom stereocenters. The first-order valence-electron chi connectivity index (χ1n) is 4.25. The van der Waals surface area contributed by atoms with Gasteiger partial charge < -0.3 is 5.73 Å². The molecule has 2 N–H and O–H groups in total. The van der Waals surface area contributed by atoms with Gasteiger partial charge in [0.25, 0.3) is 0 Å². The molecule has 0 aliphatic carbocycles. The minimum Gasteiger partial charge on any atom is -0.396 e. The Morgan fingerprint density at radius 3 is 2.17 bits per heavy atom. The van der Waals surface area contributed by atoms with Crippen molar-refractivity contribution in [3.63, 3.8) is 0 Å². The van der Waals surface area contributed by atoms with Crippen LogP contribution in [0.1, 0.15) is 25.0 Å². The quantitative estimate of drug-likeness (QED) is 0.673. The van der Waals surface area contributed by atoms with E-state index in [9.17, 15) is 4.39 Å². The summed E-state index contributed by atoms with van der Waals surface area (Å²) in [5, 5.41) is 0. The molecule has 0 aliphatic rings.